The second kappa shape index (κ2) is 6.66. The van der Waals surface area contributed by atoms with Crippen molar-refractivity contribution in [1.82, 2.24) is 4.98 Å². The highest BCUT2D eigenvalue weighted by Crippen LogP contribution is 2.29. The van der Waals surface area contributed by atoms with Gasteiger partial charge in [0.05, 0.1) is 5.02 Å². The number of aldehydes is 1. The standard InChI is InChI=1S/C14H9BrCl2FNO/c15-10-5-11(14(17)19-6-10)9(7-20)4-8-2-1-3-12(16)13(8)18/h1-3,5-7,9H,4H2. The van der Waals surface area contributed by atoms with Gasteiger partial charge < -0.3 is 4.79 Å². The Labute approximate surface area is 134 Å². The fourth-order valence-electron chi connectivity index (χ4n) is 1.87. The monoisotopic (exact) mass is 375 g/mol. The lowest BCUT2D eigenvalue weighted by molar-refractivity contribution is -0.109. The van der Waals surface area contributed by atoms with Crippen molar-refractivity contribution >= 4 is 45.4 Å². The van der Waals surface area contributed by atoms with Gasteiger partial charge in [-0.25, -0.2) is 9.37 Å². The van der Waals surface area contributed by atoms with E-state index in [2.05, 4.69) is 20.9 Å². The van der Waals surface area contributed by atoms with Crippen LogP contribution in [0.1, 0.15) is 17.0 Å². The molecule has 1 unspecified atom stereocenters. The van der Waals surface area contributed by atoms with Crippen LogP contribution in [-0.4, -0.2) is 11.3 Å². The highest BCUT2D eigenvalue weighted by molar-refractivity contribution is 9.10. The zero-order valence-corrected chi connectivity index (χ0v) is 13.2. The number of carbonyl (C=O) groups is 1. The normalized spacial score (nSPS) is 12.2. The van der Waals surface area contributed by atoms with Crippen LogP contribution in [0.3, 0.4) is 0 Å². The molecular formula is C14H9BrCl2FNO. The van der Waals surface area contributed by atoms with Gasteiger partial charge in [0.1, 0.15) is 17.3 Å². The quantitative estimate of drug-likeness (QED) is 0.565. The number of hydrogen-bond donors (Lipinski definition) is 0. The predicted molar refractivity (Wildman–Crippen MR) is 80.9 cm³/mol. The highest BCUT2D eigenvalue weighted by atomic mass is 79.9. The van der Waals surface area contributed by atoms with E-state index >= 15 is 0 Å². The van der Waals surface area contributed by atoms with E-state index in [1.54, 1.807) is 18.2 Å². The molecule has 1 aromatic heterocycles. The Kier molecular flexibility index (Phi) is 5.13. The molecule has 0 aliphatic carbocycles. The zero-order valence-electron chi connectivity index (χ0n) is 10.1. The Morgan fingerprint density at radius 3 is 2.85 bits per heavy atom. The van der Waals surface area contributed by atoms with Crippen LogP contribution in [0.2, 0.25) is 10.2 Å². The van der Waals surface area contributed by atoms with Crippen molar-refractivity contribution in [2.24, 2.45) is 0 Å². The molecule has 2 rings (SSSR count). The summed E-state index contributed by atoms with van der Waals surface area (Å²) in [7, 11) is 0. The van der Waals surface area contributed by atoms with E-state index in [1.165, 1.54) is 12.3 Å². The smallest absolute Gasteiger partial charge is 0.145 e. The number of carbonyl (C=O) groups excluding carboxylic acids is 1. The van der Waals surface area contributed by atoms with Crippen molar-refractivity contribution in [3.05, 3.63) is 62.1 Å². The van der Waals surface area contributed by atoms with Crippen molar-refractivity contribution in [1.29, 1.82) is 0 Å². The molecule has 0 bridgehead atoms. The summed E-state index contributed by atoms with van der Waals surface area (Å²) in [5, 5.41) is 0.262. The molecule has 6 heteroatoms. The zero-order chi connectivity index (χ0) is 14.7. The van der Waals surface area contributed by atoms with Gasteiger partial charge in [0.15, 0.2) is 0 Å². The Bertz CT molecular complexity index is 651. The summed E-state index contributed by atoms with van der Waals surface area (Å²) >= 11 is 15.0. The fraction of sp³-hybridized carbons (Fsp3) is 0.143. The molecular weight excluding hydrogens is 368 g/mol. The lowest BCUT2D eigenvalue weighted by Crippen LogP contribution is -2.07. The Hall–Kier alpha value is -0.970. The number of hydrogen-bond acceptors (Lipinski definition) is 2. The molecule has 2 nitrogen and oxygen atoms in total. The lowest BCUT2D eigenvalue weighted by atomic mass is 9.94. The van der Waals surface area contributed by atoms with E-state index in [9.17, 15) is 9.18 Å². The molecule has 0 fully saturated rings. The van der Waals surface area contributed by atoms with E-state index in [4.69, 9.17) is 23.2 Å². The molecule has 0 aliphatic heterocycles. The summed E-state index contributed by atoms with van der Waals surface area (Å²) in [6, 6.07) is 6.40. The van der Waals surface area contributed by atoms with E-state index in [-0.39, 0.29) is 16.6 Å². The topological polar surface area (TPSA) is 30.0 Å². The molecule has 0 saturated heterocycles. The SMILES string of the molecule is O=CC(Cc1cccc(Cl)c1F)c1cc(Br)cnc1Cl. The maximum atomic E-state index is 13.9. The third-order valence-electron chi connectivity index (χ3n) is 2.87. The number of pyridine rings is 1. The average Bonchev–Trinajstić information content (AvgIpc) is 2.43. The summed E-state index contributed by atoms with van der Waals surface area (Å²) in [6.07, 6.45) is 2.44. The minimum absolute atomic E-state index is 0.0330. The minimum atomic E-state index is -0.583. The van der Waals surface area contributed by atoms with Gasteiger partial charge in [-0.2, -0.15) is 0 Å². The Morgan fingerprint density at radius 2 is 2.15 bits per heavy atom. The van der Waals surface area contributed by atoms with E-state index in [0.29, 0.717) is 15.6 Å². The van der Waals surface area contributed by atoms with Gasteiger partial charge in [-0.1, -0.05) is 35.3 Å². The molecule has 0 aliphatic rings. The summed E-state index contributed by atoms with van der Waals surface area (Å²) in [5.41, 5.74) is 0.918. The third kappa shape index (κ3) is 3.37. The maximum Gasteiger partial charge on any atom is 0.145 e. The Morgan fingerprint density at radius 1 is 1.40 bits per heavy atom. The van der Waals surface area contributed by atoms with E-state index < -0.39 is 11.7 Å². The van der Waals surface area contributed by atoms with Crippen molar-refractivity contribution < 1.29 is 9.18 Å². The molecule has 0 radical (unpaired) electrons. The second-order valence-electron chi connectivity index (χ2n) is 4.19. The maximum absolute atomic E-state index is 13.9. The lowest BCUT2D eigenvalue weighted by Gasteiger charge is -2.13. The van der Waals surface area contributed by atoms with Crippen LogP contribution in [0.25, 0.3) is 0 Å². The van der Waals surface area contributed by atoms with Gasteiger partial charge in [-0.3, -0.25) is 0 Å². The highest BCUT2D eigenvalue weighted by Gasteiger charge is 2.18. The van der Waals surface area contributed by atoms with Crippen molar-refractivity contribution in [3.63, 3.8) is 0 Å². The molecule has 0 saturated carbocycles. The first-order valence-corrected chi connectivity index (χ1v) is 7.27. The molecule has 0 N–H and O–H groups in total. The van der Waals surface area contributed by atoms with Crippen LogP contribution in [-0.2, 0) is 11.2 Å². The van der Waals surface area contributed by atoms with E-state index in [1.807, 2.05) is 0 Å². The Balaban J connectivity index is 2.36. The molecule has 104 valence electrons. The molecule has 1 atom stereocenters. The van der Waals surface area contributed by atoms with E-state index in [0.717, 1.165) is 6.29 Å². The third-order valence-corrected chi connectivity index (χ3v) is 3.91. The number of halogens is 4. The van der Waals surface area contributed by atoms with Crippen molar-refractivity contribution in [2.45, 2.75) is 12.3 Å². The molecule has 0 amide bonds. The summed E-state index contributed by atoms with van der Waals surface area (Å²) in [4.78, 5) is 15.3. The van der Waals surface area contributed by atoms with Crippen molar-refractivity contribution in [2.75, 3.05) is 0 Å². The number of aromatic nitrogens is 1. The van der Waals surface area contributed by atoms with Crippen molar-refractivity contribution in [3.8, 4) is 0 Å². The van der Waals surface area contributed by atoms with Crippen LogP contribution in [0.15, 0.2) is 34.9 Å². The predicted octanol–water partition coefficient (Wildman–Crippen LogP) is 4.82. The van der Waals surface area contributed by atoms with Gasteiger partial charge in [-0.15, -0.1) is 0 Å². The van der Waals surface area contributed by atoms with Crippen LogP contribution in [0.4, 0.5) is 4.39 Å². The summed E-state index contributed by atoms with van der Waals surface area (Å²) in [5.74, 6) is -1.10. The number of benzene rings is 1. The fourth-order valence-corrected chi connectivity index (χ4v) is 2.66. The number of nitrogens with zero attached hydrogens (tertiary/aromatic N) is 1. The van der Waals surface area contributed by atoms with Crippen LogP contribution in [0.5, 0.6) is 0 Å². The van der Waals surface area contributed by atoms with Gasteiger partial charge in [-0.05, 0) is 40.0 Å². The summed E-state index contributed by atoms with van der Waals surface area (Å²) in [6.45, 7) is 0. The van der Waals surface area contributed by atoms with Crippen LogP contribution >= 0.6 is 39.1 Å². The molecule has 20 heavy (non-hydrogen) atoms. The summed E-state index contributed by atoms with van der Waals surface area (Å²) < 4.78 is 14.6. The molecule has 1 aromatic carbocycles. The van der Waals surface area contributed by atoms with Crippen LogP contribution in [0, 0.1) is 5.82 Å². The average molecular weight is 377 g/mol. The van der Waals surface area contributed by atoms with Gasteiger partial charge in [0.2, 0.25) is 0 Å². The van der Waals surface area contributed by atoms with Crippen LogP contribution < -0.4 is 0 Å². The van der Waals surface area contributed by atoms with Gasteiger partial charge >= 0.3 is 0 Å². The first kappa shape index (κ1) is 15.4. The van der Waals surface area contributed by atoms with Gasteiger partial charge in [0.25, 0.3) is 0 Å². The first-order chi connectivity index (χ1) is 9.52. The molecule has 0 spiro atoms. The largest absolute Gasteiger partial charge is 0.303 e. The molecule has 1 heterocycles. The first-order valence-electron chi connectivity index (χ1n) is 5.72. The van der Waals surface area contributed by atoms with Gasteiger partial charge in [0, 0.05) is 22.2 Å². The number of rotatable bonds is 4. The second-order valence-corrected chi connectivity index (χ2v) is 5.87. The minimum Gasteiger partial charge on any atom is -0.303 e. The molecule has 2 aromatic rings.